The lowest BCUT2D eigenvalue weighted by molar-refractivity contribution is 0.0120. The van der Waals surface area contributed by atoms with Crippen molar-refractivity contribution in [2.45, 2.75) is 76.5 Å². The lowest BCUT2D eigenvalue weighted by atomic mass is 9.49. The molecule has 3 atom stereocenters. The molecule has 6 rings (SSSR count). The summed E-state index contributed by atoms with van der Waals surface area (Å²) in [6.45, 7) is 10.4. The minimum atomic E-state index is -3.98. The van der Waals surface area contributed by atoms with E-state index in [0.29, 0.717) is 18.6 Å². The first kappa shape index (κ1) is 36.0. The van der Waals surface area contributed by atoms with Gasteiger partial charge in [-0.25, -0.2) is 0 Å². The Hall–Kier alpha value is -2.82. The van der Waals surface area contributed by atoms with Crippen molar-refractivity contribution in [1.29, 1.82) is 0 Å². The molecular formula is C36H37Cl4N3O5S. The van der Waals surface area contributed by atoms with Crippen LogP contribution in [0.3, 0.4) is 0 Å². The molecule has 1 heterocycles. The molecule has 260 valence electrons. The van der Waals surface area contributed by atoms with Crippen LogP contribution in [0.25, 0.3) is 0 Å². The van der Waals surface area contributed by atoms with Crippen molar-refractivity contribution in [3.63, 3.8) is 0 Å². The molecule has 1 fully saturated rings. The van der Waals surface area contributed by atoms with E-state index >= 15 is 0 Å². The van der Waals surface area contributed by atoms with E-state index in [1.165, 1.54) is 4.90 Å². The van der Waals surface area contributed by atoms with E-state index in [2.05, 4.69) is 49.8 Å². The molecule has 0 unspecified atom stereocenters. The number of methoxy groups -OCH3 is 1. The summed E-state index contributed by atoms with van der Waals surface area (Å²) in [7, 11) is -2.34. The summed E-state index contributed by atoms with van der Waals surface area (Å²) in [5, 5.41) is 4.21. The molecule has 13 heteroatoms. The molecule has 0 saturated heterocycles. The van der Waals surface area contributed by atoms with Crippen LogP contribution in [0.15, 0.2) is 46.4 Å². The second kappa shape index (κ2) is 12.7. The molecular weight excluding hydrogens is 728 g/mol. The third-order valence-corrected chi connectivity index (χ3v) is 13.7. The Bertz CT molecular complexity index is 2000. The molecule has 1 aliphatic heterocycles. The Morgan fingerprint density at radius 1 is 0.959 bits per heavy atom. The van der Waals surface area contributed by atoms with Crippen LogP contribution in [-0.4, -0.2) is 44.5 Å². The first-order chi connectivity index (χ1) is 22.9. The number of hydrogen-bond donors (Lipinski definition) is 1. The number of benzene rings is 3. The van der Waals surface area contributed by atoms with Gasteiger partial charge in [-0.15, -0.1) is 0 Å². The molecule has 3 aromatic rings. The van der Waals surface area contributed by atoms with Gasteiger partial charge in [-0.1, -0.05) is 98.2 Å². The van der Waals surface area contributed by atoms with Crippen LogP contribution in [0.5, 0.6) is 5.75 Å². The number of nitrogens with zero attached hydrogens (tertiary/aromatic N) is 2. The number of imide groups is 1. The number of hydrazone groups is 1. The van der Waals surface area contributed by atoms with Crippen LogP contribution in [0.2, 0.25) is 20.1 Å². The van der Waals surface area contributed by atoms with Gasteiger partial charge in [0.15, 0.2) is 0 Å². The van der Waals surface area contributed by atoms with Crippen LogP contribution in [0, 0.1) is 18.3 Å². The van der Waals surface area contributed by atoms with Crippen molar-refractivity contribution in [2.24, 2.45) is 16.4 Å². The third kappa shape index (κ3) is 5.83. The quantitative estimate of drug-likeness (QED) is 0.112. The number of carbonyl (C=O) groups is 2. The fourth-order valence-electron chi connectivity index (χ4n) is 8.09. The Labute approximate surface area is 307 Å². The summed E-state index contributed by atoms with van der Waals surface area (Å²) in [4.78, 5) is 31.5. The Morgan fingerprint density at radius 3 is 2.10 bits per heavy atom. The first-order valence-electron chi connectivity index (χ1n) is 16.0. The summed E-state index contributed by atoms with van der Waals surface area (Å²) in [6.07, 6.45) is 2.75. The smallest absolute Gasteiger partial charge is 0.276 e. The number of aryl methyl sites for hydroxylation is 1. The van der Waals surface area contributed by atoms with Crippen molar-refractivity contribution in [1.82, 2.24) is 9.73 Å². The highest BCUT2D eigenvalue weighted by Gasteiger charge is 2.56. The van der Waals surface area contributed by atoms with Gasteiger partial charge in [0.2, 0.25) is 0 Å². The van der Waals surface area contributed by atoms with Crippen molar-refractivity contribution >= 4 is 74.0 Å². The number of ether oxygens (including phenoxy) is 1. The molecule has 8 nitrogen and oxygen atoms in total. The molecule has 0 radical (unpaired) electrons. The Kier molecular flexibility index (Phi) is 9.36. The van der Waals surface area contributed by atoms with Crippen LogP contribution in [-0.2, 0) is 15.4 Å². The molecule has 1 N–H and O–H groups in total. The molecule has 1 saturated carbocycles. The number of nitrogens with one attached hydrogen (secondary N) is 1. The van der Waals surface area contributed by atoms with Gasteiger partial charge in [-0.3, -0.25) is 14.5 Å². The monoisotopic (exact) mass is 763 g/mol. The highest BCUT2D eigenvalue weighted by molar-refractivity contribution is 7.89. The number of rotatable bonds is 7. The van der Waals surface area contributed by atoms with E-state index in [-0.39, 0.29) is 54.5 Å². The average Bonchev–Trinajstić information content (AvgIpc) is 3.30. The number of sulfonamides is 1. The Morgan fingerprint density at radius 2 is 1.55 bits per heavy atom. The van der Waals surface area contributed by atoms with Crippen LogP contribution in [0.1, 0.15) is 102 Å². The second-order valence-electron chi connectivity index (χ2n) is 14.1. The molecule has 3 aromatic carbocycles. The zero-order chi connectivity index (χ0) is 35.8. The van der Waals surface area contributed by atoms with Crippen LogP contribution in [0.4, 0.5) is 0 Å². The summed E-state index contributed by atoms with van der Waals surface area (Å²) in [6, 6.07) is 10.7. The highest BCUT2D eigenvalue weighted by atomic mass is 35.5. The number of amides is 2. The topological polar surface area (TPSA) is 105 Å². The van der Waals surface area contributed by atoms with Gasteiger partial charge in [-0.05, 0) is 84.2 Å². The van der Waals surface area contributed by atoms with Gasteiger partial charge < -0.3 is 4.74 Å². The zero-order valence-electron chi connectivity index (χ0n) is 28.0. The maximum Gasteiger partial charge on any atom is 0.276 e. The van der Waals surface area contributed by atoms with Gasteiger partial charge in [0.1, 0.15) is 5.75 Å². The largest absolute Gasteiger partial charge is 0.496 e. The standard InChI is InChI=1S/C36H37Cl4N3O5S/c1-18(2)21-14-22-23(15-25(21)48-6)36(5)13-7-12-35(4,17-43-33(44)27-28(34(43)45)30(38)32(40)31(39)29(27)37)26(36)16-24(22)41-42-49(46,47)20-10-8-19(3)9-11-20/h8-11,14-15,18,26,42H,7,12-13,16-17H2,1-6H3/b41-24-/t26-,35-,36+/m0/s1. The average molecular weight is 766 g/mol. The maximum absolute atomic E-state index is 13.9. The van der Waals surface area contributed by atoms with E-state index in [1.54, 1.807) is 31.4 Å². The van der Waals surface area contributed by atoms with Crippen molar-refractivity contribution < 1.29 is 22.7 Å². The van der Waals surface area contributed by atoms with E-state index in [1.807, 2.05) is 6.92 Å². The molecule has 2 amide bonds. The maximum atomic E-state index is 13.9. The predicted molar refractivity (Wildman–Crippen MR) is 194 cm³/mol. The lowest BCUT2D eigenvalue weighted by Gasteiger charge is -2.56. The molecule has 0 bridgehead atoms. The first-order valence-corrected chi connectivity index (χ1v) is 19.0. The van der Waals surface area contributed by atoms with E-state index in [9.17, 15) is 18.0 Å². The predicted octanol–water partition coefficient (Wildman–Crippen LogP) is 9.19. The van der Waals surface area contributed by atoms with Crippen LogP contribution >= 0.6 is 46.4 Å². The van der Waals surface area contributed by atoms with Gasteiger partial charge in [-0.2, -0.15) is 18.4 Å². The fraction of sp³-hybridized carbons (Fsp3) is 0.417. The SMILES string of the molecule is COc1cc2c(cc1C(C)C)/C(=N\NS(=O)(=O)c1ccc(C)cc1)C[C@H]1[C@](C)(CN3C(=O)c4c(Cl)c(Cl)c(Cl)c(Cl)c4C3=O)CCC[C@]21C. The molecule has 0 aromatic heterocycles. The normalized spacial score (nSPS) is 24.3. The second-order valence-corrected chi connectivity index (χ2v) is 17.3. The molecule has 0 spiro atoms. The van der Waals surface area contributed by atoms with Crippen molar-refractivity contribution in [3.8, 4) is 5.75 Å². The molecule has 3 aliphatic rings. The van der Waals surface area contributed by atoms with E-state index in [0.717, 1.165) is 40.8 Å². The highest BCUT2D eigenvalue weighted by Crippen LogP contribution is 2.59. The summed E-state index contributed by atoms with van der Waals surface area (Å²) < 4.78 is 32.7. The van der Waals surface area contributed by atoms with Crippen molar-refractivity contribution in [2.75, 3.05) is 13.7 Å². The fourth-order valence-corrected chi connectivity index (χ4v) is 9.94. The van der Waals surface area contributed by atoms with Crippen LogP contribution < -0.4 is 9.57 Å². The number of carbonyl (C=O) groups excluding carboxylic acids is 2. The number of hydrogen-bond acceptors (Lipinski definition) is 6. The van der Waals surface area contributed by atoms with Gasteiger partial charge in [0, 0.05) is 12.1 Å². The summed E-state index contributed by atoms with van der Waals surface area (Å²) in [5.74, 6) is -0.472. The summed E-state index contributed by atoms with van der Waals surface area (Å²) >= 11 is 25.5. The van der Waals surface area contributed by atoms with Gasteiger partial charge >= 0.3 is 0 Å². The van der Waals surface area contributed by atoms with Gasteiger partial charge in [0.05, 0.1) is 48.9 Å². The lowest BCUT2D eigenvalue weighted by Crippen LogP contribution is -2.55. The minimum absolute atomic E-state index is 0.0547. The molecule has 49 heavy (non-hydrogen) atoms. The minimum Gasteiger partial charge on any atom is -0.496 e. The van der Waals surface area contributed by atoms with E-state index in [4.69, 9.17) is 51.1 Å². The number of fused-ring (bicyclic) bond motifs is 4. The van der Waals surface area contributed by atoms with Crippen molar-refractivity contribution in [3.05, 3.63) is 89.9 Å². The zero-order valence-corrected chi connectivity index (χ0v) is 31.9. The van der Waals surface area contributed by atoms with E-state index < -0.39 is 32.7 Å². The van der Waals surface area contributed by atoms with Gasteiger partial charge in [0.25, 0.3) is 21.8 Å². The Balaban J connectivity index is 1.45. The third-order valence-electron chi connectivity index (χ3n) is 10.7. The number of halogens is 4. The summed E-state index contributed by atoms with van der Waals surface area (Å²) in [5.41, 5.74) is 3.16. The molecule has 2 aliphatic carbocycles.